The second-order valence-corrected chi connectivity index (χ2v) is 12.2. The summed E-state index contributed by atoms with van der Waals surface area (Å²) in [6.07, 6.45) is -4.36. The molecule has 1 aliphatic heterocycles. The van der Waals surface area contributed by atoms with Crippen LogP contribution in [0, 0.1) is 10.1 Å². The summed E-state index contributed by atoms with van der Waals surface area (Å²) in [6, 6.07) is 3.63. The number of phosphoric acid groups is 1. The zero-order valence-electron chi connectivity index (χ0n) is 22.1. The summed E-state index contributed by atoms with van der Waals surface area (Å²) in [7, 11) is -12.4. The molecule has 1 fully saturated rings. The van der Waals surface area contributed by atoms with Crippen molar-refractivity contribution in [1.29, 1.82) is 0 Å². The van der Waals surface area contributed by atoms with Crippen molar-refractivity contribution in [3.05, 3.63) is 57.0 Å². The molecule has 45 heavy (non-hydrogen) atoms. The number of esters is 1. The van der Waals surface area contributed by atoms with Gasteiger partial charge in [0.15, 0.2) is 23.8 Å². The molecule has 1 saturated heterocycles. The summed E-state index contributed by atoms with van der Waals surface area (Å²) in [5.74, 6) is -0.963. The number of nitrogen functional groups attached to an aromatic ring is 1. The van der Waals surface area contributed by atoms with Crippen LogP contribution >= 0.6 is 24.3 Å². The van der Waals surface area contributed by atoms with Gasteiger partial charge in [-0.05, 0) is 12.0 Å². The second-order valence-electron chi connectivity index (χ2n) is 8.74. The van der Waals surface area contributed by atoms with Crippen LogP contribution in [0.5, 0.6) is 0 Å². The van der Waals surface area contributed by atoms with Gasteiger partial charge in [0.2, 0.25) is 0 Å². The number of aliphatic hydroxyl groups is 1. The van der Waals surface area contributed by atoms with Crippen LogP contribution in [-0.2, 0) is 47.5 Å². The lowest BCUT2D eigenvalue weighted by molar-refractivity contribution is -0.385. The predicted octanol–water partition coefficient (Wildman–Crippen LogP) is 2.52. The van der Waals surface area contributed by atoms with Crippen molar-refractivity contribution in [2.45, 2.75) is 37.4 Å². The molecule has 3 unspecified atom stereocenters. The summed E-state index contributed by atoms with van der Waals surface area (Å²) < 4.78 is 59.6. The first kappa shape index (κ1) is 33.8. The highest BCUT2D eigenvalue weighted by Crippen LogP contribution is 2.57. The van der Waals surface area contributed by atoms with Crippen LogP contribution in [0.3, 0.4) is 0 Å². The Bertz CT molecular complexity index is 1750. The highest BCUT2D eigenvalue weighted by molar-refractivity contribution is 7.61. The quantitative estimate of drug-likeness (QED) is 0.0358. The second kappa shape index (κ2) is 14.3. The predicted molar refractivity (Wildman–Crippen MR) is 145 cm³/mol. The molecular weight excluding hydrogens is 671 g/mol. The van der Waals surface area contributed by atoms with E-state index in [0.717, 1.165) is 12.4 Å². The van der Waals surface area contributed by atoms with Gasteiger partial charge in [0.1, 0.15) is 30.7 Å². The number of nitrogens with zero attached hydrogens (tertiary/aromatic N) is 8. The number of aromatic nitrogens is 4. The molecule has 3 aromatic rings. The number of nitrogens with two attached hydrogens (primary N) is 1. The van der Waals surface area contributed by atoms with Crippen molar-refractivity contribution < 1.29 is 60.9 Å². The molecule has 0 amide bonds. The minimum Gasteiger partial charge on any atom is -0.457 e. The Kier molecular flexibility index (Phi) is 10.8. The number of hydrogen-bond donors (Lipinski definition) is 4. The molecule has 0 aliphatic carbocycles. The summed E-state index contributed by atoms with van der Waals surface area (Å²) in [5.41, 5.74) is 14.3. The average Bonchev–Trinajstić information content (AvgIpc) is 3.52. The number of ether oxygens (including phenoxy) is 2. The van der Waals surface area contributed by atoms with E-state index in [4.69, 9.17) is 30.2 Å². The van der Waals surface area contributed by atoms with E-state index in [1.165, 1.54) is 23.0 Å². The van der Waals surface area contributed by atoms with Crippen LogP contribution < -0.4 is 5.73 Å². The number of rotatable bonds is 14. The molecule has 23 nitrogen and oxygen atoms in total. The van der Waals surface area contributed by atoms with Crippen LogP contribution in [-0.4, -0.2) is 70.2 Å². The molecule has 3 heterocycles. The van der Waals surface area contributed by atoms with E-state index >= 15 is 0 Å². The lowest BCUT2D eigenvalue weighted by atomic mass is 10.1. The maximum Gasteiger partial charge on any atom is 0.708 e. The summed E-state index contributed by atoms with van der Waals surface area (Å²) >= 11 is 0. The number of carbonyl (C=O) groups is 1. The van der Waals surface area contributed by atoms with E-state index in [1.54, 1.807) is 0 Å². The van der Waals surface area contributed by atoms with E-state index < -0.39 is 78.5 Å². The maximum absolute atomic E-state index is 12.8. The summed E-state index contributed by atoms with van der Waals surface area (Å²) in [4.78, 5) is 56.1. The molecule has 0 spiro atoms. The largest absolute Gasteiger partial charge is 0.708 e. The van der Waals surface area contributed by atoms with Crippen LogP contribution in [0.25, 0.3) is 21.6 Å². The van der Waals surface area contributed by atoms with Crippen LogP contribution in [0.2, 0.25) is 0 Å². The zero-order chi connectivity index (χ0) is 32.9. The van der Waals surface area contributed by atoms with E-state index in [0.29, 0.717) is 0 Å². The number of azide groups is 1. The van der Waals surface area contributed by atoms with Gasteiger partial charge >= 0.3 is 30.3 Å². The first-order valence-electron chi connectivity index (χ1n) is 12.1. The minimum atomic E-state index is -5.28. The minimum absolute atomic E-state index is 0.00470. The molecule has 4 rings (SSSR count). The van der Waals surface area contributed by atoms with Crippen LogP contribution in [0.1, 0.15) is 18.2 Å². The van der Waals surface area contributed by atoms with Gasteiger partial charge < -0.3 is 20.3 Å². The number of aryl methyl sites for hydroxylation is 1. The molecule has 238 valence electrons. The van der Waals surface area contributed by atoms with Crippen molar-refractivity contribution in [3.63, 3.8) is 0 Å². The summed E-state index contributed by atoms with van der Waals surface area (Å²) in [6.45, 7) is -0.804. The maximum atomic E-state index is 12.8. The smallest absolute Gasteiger partial charge is 0.457 e. The van der Waals surface area contributed by atoms with Crippen LogP contribution in [0.4, 0.5) is 17.2 Å². The van der Waals surface area contributed by atoms with Crippen molar-refractivity contribution in [1.82, 2.24) is 19.5 Å². The van der Waals surface area contributed by atoms with Crippen molar-refractivity contribution >= 4 is 58.7 Å². The van der Waals surface area contributed by atoms with E-state index in [1.807, 2.05) is 0 Å². The number of hydrogen-bond acceptors (Lipinski definition) is 17. The molecule has 7 atom stereocenters. The van der Waals surface area contributed by atoms with Crippen molar-refractivity contribution in [2.75, 3.05) is 12.3 Å². The molecule has 0 radical (unpaired) electrons. The van der Waals surface area contributed by atoms with Gasteiger partial charge in [-0.2, -0.15) is 0 Å². The Morgan fingerprint density at radius 3 is 2.76 bits per heavy atom. The fourth-order valence-corrected chi connectivity index (χ4v) is 6.35. The number of aliphatic hydroxyl groups excluding tert-OH is 1. The van der Waals surface area contributed by atoms with Crippen LogP contribution in [0.15, 0.2) is 36.0 Å². The lowest BCUT2D eigenvalue weighted by Gasteiger charge is -2.20. The lowest BCUT2D eigenvalue weighted by Crippen LogP contribution is -2.38. The number of fused-ring (bicyclic) bond motifs is 1. The fourth-order valence-electron chi connectivity index (χ4n) is 4.13. The molecule has 1 aromatic carbocycles. The third-order valence-corrected chi connectivity index (χ3v) is 9.05. The number of imidazole rings is 1. The van der Waals surface area contributed by atoms with Gasteiger partial charge in [0.05, 0.1) is 11.3 Å². The molecule has 2 aromatic heterocycles. The third kappa shape index (κ3) is 8.34. The molecular formula is C19H20N9O14P3+2. The highest BCUT2D eigenvalue weighted by atomic mass is 31.3. The van der Waals surface area contributed by atoms with Gasteiger partial charge in [0.25, 0.3) is 5.69 Å². The number of nitro benzene ring substituents is 1. The Hall–Kier alpha value is -4.10. The Labute approximate surface area is 251 Å². The third-order valence-electron chi connectivity index (χ3n) is 5.95. The zero-order valence-corrected chi connectivity index (χ0v) is 24.8. The SMILES string of the molecule is [N-]=[N+]=Nc1ccc(CCC(=O)O[C@H]2[C@@H](O)[C@H](n3cnc4c(N)ncnc43)O[C@@H]2CO[P+](=O)OP(=O)(O)O[P+](=O)O)c([N+](=O)[O-])c1. The number of anilines is 1. The first-order valence-corrected chi connectivity index (χ1v) is 15.8. The fraction of sp³-hybridized carbons (Fsp3) is 0.368. The molecule has 5 N–H and O–H groups in total. The number of carbonyl (C=O) groups excluding carboxylic acids is 1. The Morgan fingerprint density at radius 1 is 1.31 bits per heavy atom. The summed E-state index contributed by atoms with van der Waals surface area (Å²) in [5, 5.41) is 25.9. The topological polar surface area (TPSA) is 337 Å². The van der Waals surface area contributed by atoms with Gasteiger partial charge in [-0.1, -0.05) is 17.2 Å². The highest BCUT2D eigenvalue weighted by Gasteiger charge is 2.51. The normalized spacial score (nSPS) is 21.5. The van der Waals surface area contributed by atoms with Gasteiger partial charge in [-0.25, -0.2) is 19.5 Å². The molecule has 0 bridgehead atoms. The molecule has 1 aliphatic rings. The number of benzene rings is 1. The van der Waals surface area contributed by atoms with Gasteiger partial charge in [0, 0.05) is 46.4 Å². The van der Waals surface area contributed by atoms with E-state index in [9.17, 15) is 38.6 Å². The average molecular weight is 691 g/mol. The van der Waals surface area contributed by atoms with Crippen molar-refractivity contribution in [2.24, 2.45) is 5.11 Å². The molecule has 0 saturated carbocycles. The Morgan fingerprint density at radius 2 is 2.07 bits per heavy atom. The monoisotopic (exact) mass is 691 g/mol. The van der Waals surface area contributed by atoms with Crippen molar-refractivity contribution in [3.8, 4) is 0 Å². The van der Waals surface area contributed by atoms with E-state index in [2.05, 4.69) is 33.6 Å². The Balaban J connectivity index is 1.52. The standard InChI is InChI=1S/C19H18N9O14P3/c20-17-14-18(23-7-22-17)27(8-24-14)19-15(30)16(12(39-19)6-38-44(35)42-45(36,37)41-43(33)34)40-13(29)4-2-9-1-3-10(25-26-21)5-11(9)28(31)32/h1,3,5,7-8,12,15-16,19,30H,2,4,6H2,(H2-2,20,22,23,33,34,36,37)/p+2/t12-,15-,16-,19-/m1/s1. The number of nitro groups is 1. The van der Waals surface area contributed by atoms with Gasteiger partial charge in [-0.3, -0.25) is 24.4 Å². The molecule has 26 heteroatoms. The first-order chi connectivity index (χ1) is 21.3. The van der Waals surface area contributed by atoms with E-state index in [-0.39, 0.29) is 34.7 Å². The van der Waals surface area contributed by atoms with Gasteiger partial charge in [-0.15, -0.1) is 9.42 Å².